The summed E-state index contributed by atoms with van der Waals surface area (Å²) in [6.45, 7) is 0. The van der Waals surface area contributed by atoms with Crippen molar-refractivity contribution in [2.75, 3.05) is 12.4 Å². The van der Waals surface area contributed by atoms with Crippen molar-refractivity contribution < 1.29 is 5.11 Å². The van der Waals surface area contributed by atoms with Crippen molar-refractivity contribution >= 4 is 17.0 Å². The van der Waals surface area contributed by atoms with Crippen molar-refractivity contribution in [1.29, 1.82) is 0 Å². The second-order valence-corrected chi connectivity index (χ2v) is 5.42. The topological polar surface area (TPSA) is 102 Å². The number of fused-ring (bicyclic) bond motifs is 2. The summed E-state index contributed by atoms with van der Waals surface area (Å²) in [6, 6.07) is -0.136. The lowest BCUT2D eigenvalue weighted by atomic mass is 10.1. The number of anilines is 1. The molecule has 2 aromatic heterocycles. The standard InChI is InChI=1S/C12H16N6O/c1-14-11-8-12(16-3-15-11)18(4-17-8)9-6-2-5(6)7(13)10(9)19/h3-7,9-10,19H,2,13H2,1H3,(H,14,15,16)/t5-,6+,7-,9-,10-/m1/s1. The van der Waals surface area contributed by atoms with E-state index < -0.39 is 6.10 Å². The second kappa shape index (κ2) is 3.64. The van der Waals surface area contributed by atoms with Crippen molar-refractivity contribution in [3.63, 3.8) is 0 Å². The fraction of sp³-hybridized carbons (Fsp3) is 0.583. The summed E-state index contributed by atoms with van der Waals surface area (Å²) in [5.41, 5.74) is 7.52. The van der Waals surface area contributed by atoms with Crippen LogP contribution in [0.25, 0.3) is 11.2 Å². The van der Waals surface area contributed by atoms with E-state index in [-0.39, 0.29) is 12.1 Å². The number of nitrogens with one attached hydrogen (secondary N) is 1. The SMILES string of the molecule is CNc1ncnc2c1ncn2[C@H]1[C@H](O)[C@H](N)[C@@H]2C[C@@H]21. The number of nitrogens with zero attached hydrogens (tertiary/aromatic N) is 4. The highest BCUT2D eigenvalue weighted by molar-refractivity contribution is 5.82. The van der Waals surface area contributed by atoms with E-state index in [9.17, 15) is 5.11 Å². The van der Waals surface area contributed by atoms with E-state index >= 15 is 0 Å². The van der Waals surface area contributed by atoms with Gasteiger partial charge >= 0.3 is 0 Å². The van der Waals surface area contributed by atoms with Gasteiger partial charge in [-0.05, 0) is 18.3 Å². The molecule has 0 aromatic carbocycles. The molecule has 0 aliphatic heterocycles. The van der Waals surface area contributed by atoms with E-state index in [1.54, 1.807) is 13.4 Å². The lowest BCUT2D eigenvalue weighted by Crippen LogP contribution is -2.37. The van der Waals surface area contributed by atoms with Crippen LogP contribution in [0.4, 0.5) is 5.82 Å². The van der Waals surface area contributed by atoms with E-state index in [2.05, 4.69) is 20.3 Å². The van der Waals surface area contributed by atoms with E-state index in [1.807, 2.05) is 4.57 Å². The van der Waals surface area contributed by atoms with Crippen molar-refractivity contribution in [3.05, 3.63) is 12.7 Å². The zero-order valence-corrected chi connectivity index (χ0v) is 10.6. The van der Waals surface area contributed by atoms with Crippen molar-refractivity contribution in [1.82, 2.24) is 19.5 Å². The van der Waals surface area contributed by atoms with Gasteiger partial charge in [-0.25, -0.2) is 15.0 Å². The van der Waals surface area contributed by atoms with Gasteiger partial charge in [0.1, 0.15) is 11.8 Å². The van der Waals surface area contributed by atoms with Gasteiger partial charge in [0.25, 0.3) is 0 Å². The molecule has 0 saturated heterocycles. The fourth-order valence-electron chi connectivity index (χ4n) is 3.43. The maximum atomic E-state index is 10.3. The first-order valence-corrected chi connectivity index (χ1v) is 6.51. The molecule has 2 aromatic rings. The Morgan fingerprint density at radius 1 is 1.37 bits per heavy atom. The highest BCUT2D eigenvalue weighted by Gasteiger charge is 2.59. The van der Waals surface area contributed by atoms with Crippen LogP contribution in [0.1, 0.15) is 12.5 Å². The maximum absolute atomic E-state index is 10.3. The zero-order valence-electron chi connectivity index (χ0n) is 10.6. The molecule has 0 radical (unpaired) electrons. The maximum Gasteiger partial charge on any atom is 0.165 e. The Hall–Kier alpha value is -1.73. The minimum atomic E-state index is -0.519. The van der Waals surface area contributed by atoms with Crippen LogP contribution in [0.5, 0.6) is 0 Å². The average Bonchev–Trinajstić information content (AvgIpc) is 3.03. The van der Waals surface area contributed by atoms with E-state index in [1.165, 1.54) is 6.33 Å². The number of aliphatic hydroxyl groups is 1. The predicted octanol–water partition coefficient (Wildman–Crippen LogP) is -0.253. The van der Waals surface area contributed by atoms with Gasteiger partial charge in [-0.2, -0.15) is 0 Å². The van der Waals surface area contributed by atoms with Crippen LogP contribution in [-0.2, 0) is 0 Å². The molecule has 0 spiro atoms. The molecule has 4 rings (SSSR count). The summed E-state index contributed by atoms with van der Waals surface area (Å²) in [6.07, 6.45) is 3.82. The van der Waals surface area contributed by atoms with Crippen LogP contribution in [0.15, 0.2) is 12.7 Å². The second-order valence-electron chi connectivity index (χ2n) is 5.42. The minimum Gasteiger partial charge on any atom is -0.389 e. The Labute approximate surface area is 109 Å². The van der Waals surface area contributed by atoms with Crippen LogP contribution in [0.2, 0.25) is 0 Å². The predicted molar refractivity (Wildman–Crippen MR) is 69.5 cm³/mol. The first-order chi connectivity index (χ1) is 9.22. The van der Waals surface area contributed by atoms with Gasteiger partial charge in [-0.15, -0.1) is 0 Å². The van der Waals surface area contributed by atoms with Crippen LogP contribution < -0.4 is 11.1 Å². The molecule has 100 valence electrons. The van der Waals surface area contributed by atoms with Crippen LogP contribution >= 0.6 is 0 Å². The average molecular weight is 260 g/mol. The Morgan fingerprint density at radius 2 is 2.21 bits per heavy atom. The molecule has 2 saturated carbocycles. The minimum absolute atomic E-state index is 0.00962. The Morgan fingerprint density at radius 3 is 2.89 bits per heavy atom. The lowest BCUT2D eigenvalue weighted by Gasteiger charge is -2.22. The molecule has 2 aliphatic rings. The quantitative estimate of drug-likeness (QED) is 0.688. The third kappa shape index (κ3) is 1.36. The first-order valence-electron chi connectivity index (χ1n) is 6.51. The number of hydrogen-bond donors (Lipinski definition) is 3. The normalized spacial score (nSPS) is 36.5. The van der Waals surface area contributed by atoms with Crippen molar-refractivity contribution in [3.8, 4) is 0 Å². The summed E-state index contributed by atoms with van der Waals surface area (Å²) in [5, 5.41) is 13.3. The highest BCUT2D eigenvalue weighted by atomic mass is 16.3. The summed E-state index contributed by atoms with van der Waals surface area (Å²) >= 11 is 0. The van der Waals surface area contributed by atoms with Gasteiger partial charge in [0.05, 0.1) is 18.5 Å². The van der Waals surface area contributed by atoms with E-state index in [0.29, 0.717) is 17.7 Å². The molecule has 2 heterocycles. The molecule has 4 N–H and O–H groups in total. The van der Waals surface area contributed by atoms with Crippen LogP contribution in [0, 0.1) is 11.8 Å². The summed E-state index contributed by atoms with van der Waals surface area (Å²) in [5.74, 6) is 1.60. The fourth-order valence-corrected chi connectivity index (χ4v) is 3.43. The van der Waals surface area contributed by atoms with Crippen LogP contribution in [-0.4, -0.2) is 43.8 Å². The monoisotopic (exact) mass is 260 g/mol. The Balaban J connectivity index is 1.84. The van der Waals surface area contributed by atoms with Crippen molar-refractivity contribution in [2.45, 2.75) is 24.6 Å². The first kappa shape index (κ1) is 11.1. The third-order valence-corrected chi connectivity index (χ3v) is 4.49. The summed E-state index contributed by atoms with van der Waals surface area (Å²) < 4.78 is 1.96. The molecule has 7 heteroatoms. The number of imidazole rings is 1. The lowest BCUT2D eigenvalue weighted by molar-refractivity contribution is 0.104. The Kier molecular flexibility index (Phi) is 2.13. The molecular weight excluding hydrogens is 244 g/mol. The van der Waals surface area contributed by atoms with Gasteiger partial charge in [-0.3, -0.25) is 0 Å². The molecule has 2 aliphatic carbocycles. The van der Waals surface area contributed by atoms with E-state index in [4.69, 9.17) is 5.73 Å². The number of aromatic nitrogens is 4. The molecule has 0 amide bonds. The van der Waals surface area contributed by atoms with E-state index in [0.717, 1.165) is 17.6 Å². The highest BCUT2D eigenvalue weighted by Crippen LogP contribution is 2.57. The van der Waals surface area contributed by atoms with Gasteiger partial charge in [0.15, 0.2) is 11.5 Å². The molecule has 5 atom stereocenters. The molecule has 0 bridgehead atoms. The van der Waals surface area contributed by atoms with Gasteiger partial charge < -0.3 is 20.7 Å². The smallest absolute Gasteiger partial charge is 0.165 e. The molecule has 2 fully saturated rings. The van der Waals surface area contributed by atoms with Gasteiger partial charge in [0, 0.05) is 13.1 Å². The largest absolute Gasteiger partial charge is 0.389 e. The molecular formula is C12H16N6O. The third-order valence-electron chi connectivity index (χ3n) is 4.49. The number of rotatable bonds is 2. The molecule has 7 nitrogen and oxygen atoms in total. The Bertz CT molecular complexity index is 640. The summed E-state index contributed by atoms with van der Waals surface area (Å²) in [4.78, 5) is 12.8. The number of aliphatic hydroxyl groups excluding tert-OH is 1. The van der Waals surface area contributed by atoms with Gasteiger partial charge in [-0.1, -0.05) is 0 Å². The van der Waals surface area contributed by atoms with Crippen molar-refractivity contribution in [2.24, 2.45) is 17.6 Å². The number of nitrogens with two attached hydrogens (primary N) is 1. The zero-order chi connectivity index (χ0) is 13.1. The number of hydrogen-bond acceptors (Lipinski definition) is 6. The molecule has 0 unspecified atom stereocenters. The van der Waals surface area contributed by atoms with Crippen LogP contribution in [0.3, 0.4) is 0 Å². The van der Waals surface area contributed by atoms with Gasteiger partial charge in [0.2, 0.25) is 0 Å². The molecule has 19 heavy (non-hydrogen) atoms. The summed E-state index contributed by atoms with van der Waals surface area (Å²) in [7, 11) is 1.80.